The molecule has 0 spiro atoms. The van der Waals surface area contributed by atoms with E-state index in [2.05, 4.69) is 14.7 Å². The Kier molecular flexibility index (Phi) is 3.81. The molecular weight excluding hydrogens is 320 g/mol. The highest BCUT2D eigenvalue weighted by Gasteiger charge is 2.06. The van der Waals surface area contributed by atoms with Crippen molar-refractivity contribution in [1.29, 1.82) is 0 Å². The lowest BCUT2D eigenvalue weighted by Crippen LogP contribution is -2.21. The fourth-order valence-electron chi connectivity index (χ4n) is 2.08. The Morgan fingerprint density at radius 3 is 2.82 bits per heavy atom. The zero-order valence-electron chi connectivity index (χ0n) is 11.8. The number of hydrogen-bond acceptors (Lipinski definition) is 6. The zero-order valence-corrected chi connectivity index (χ0v) is 13.4. The van der Waals surface area contributed by atoms with Crippen molar-refractivity contribution in [3.05, 3.63) is 42.2 Å². The second-order valence-corrected chi connectivity index (χ2v) is 7.80. The van der Waals surface area contributed by atoms with Crippen LogP contribution in [0, 0.1) is 0 Å². The number of rotatable bonds is 4. The van der Waals surface area contributed by atoms with Crippen LogP contribution >= 0.6 is 11.3 Å². The minimum atomic E-state index is -3.22. The zero-order chi connectivity index (χ0) is 15.7. The van der Waals surface area contributed by atoms with Crippen molar-refractivity contribution in [1.82, 2.24) is 14.7 Å². The third-order valence-electron chi connectivity index (χ3n) is 3.07. The van der Waals surface area contributed by atoms with Gasteiger partial charge in [0.05, 0.1) is 16.5 Å². The predicted octanol–water partition coefficient (Wildman–Crippen LogP) is 1.99. The van der Waals surface area contributed by atoms with Gasteiger partial charge in [0.25, 0.3) is 0 Å². The lowest BCUT2D eigenvalue weighted by molar-refractivity contribution is 0.587. The molecule has 0 saturated carbocycles. The Balaban J connectivity index is 1.92. The standard InChI is InChI=1S/C14H14N4O2S2/c1-22(19,20)17-7-9-4-11(8-16-6-9)10-2-3-12-13(5-10)21-14(15)18-12/h2-6,8,17H,7H2,1H3,(H2,15,18). The maximum absolute atomic E-state index is 11.2. The number of sulfonamides is 1. The average molecular weight is 334 g/mol. The van der Waals surface area contributed by atoms with Crippen LogP contribution in [0.1, 0.15) is 5.56 Å². The molecule has 2 aromatic heterocycles. The number of nitrogens with zero attached hydrogens (tertiary/aromatic N) is 2. The molecule has 0 amide bonds. The average Bonchev–Trinajstić information content (AvgIpc) is 2.84. The van der Waals surface area contributed by atoms with Crippen LogP contribution in [0.25, 0.3) is 21.3 Å². The number of nitrogens with one attached hydrogen (secondary N) is 1. The highest BCUT2D eigenvalue weighted by molar-refractivity contribution is 7.88. The number of nitrogen functional groups attached to an aromatic ring is 1. The second-order valence-electron chi connectivity index (χ2n) is 4.91. The molecule has 0 aliphatic heterocycles. The van der Waals surface area contributed by atoms with Gasteiger partial charge in [0, 0.05) is 24.5 Å². The molecule has 0 saturated heterocycles. The van der Waals surface area contributed by atoms with Crippen molar-refractivity contribution in [2.24, 2.45) is 0 Å². The number of thiazole rings is 1. The molecule has 3 aromatic rings. The van der Waals surface area contributed by atoms with E-state index in [0.29, 0.717) is 5.13 Å². The van der Waals surface area contributed by atoms with Crippen molar-refractivity contribution < 1.29 is 8.42 Å². The molecule has 6 nitrogen and oxygen atoms in total. The largest absolute Gasteiger partial charge is 0.375 e. The molecule has 0 fully saturated rings. The Hall–Kier alpha value is -2.03. The van der Waals surface area contributed by atoms with Gasteiger partial charge in [-0.15, -0.1) is 0 Å². The summed E-state index contributed by atoms with van der Waals surface area (Å²) in [5.41, 5.74) is 9.29. The van der Waals surface area contributed by atoms with Crippen molar-refractivity contribution in [2.45, 2.75) is 6.54 Å². The molecule has 0 aliphatic carbocycles. The molecule has 0 radical (unpaired) electrons. The monoisotopic (exact) mass is 334 g/mol. The summed E-state index contributed by atoms with van der Waals surface area (Å²) in [4.78, 5) is 8.40. The van der Waals surface area contributed by atoms with Gasteiger partial charge in [0.2, 0.25) is 10.0 Å². The summed E-state index contributed by atoms with van der Waals surface area (Å²) in [6.07, 6.45) is 4.52. The number of nitrogens with two attached hydrogens (primary N) is 1. The fourth-order valence-corrected chi connectivity index (χ4v) is 3.28. The topological polar surface area (TPSA) is 98.0 Å². The van der Waals surface area contributed by atoms with E-state index in [1.165, 1.54) is 11.3 Å². The maximum atomic E-state index is 11.2. The van der Waals surface area contributed by atoms with Gasteiger partial charge in [-0.25, -0.2) is 18.1 Å². The van der Waals surface area contributed by atoms with E-state index in [-0.39, 0.29) is 6.54 Å². The van der Waals surface area contributed by atoms with Gasteiger partial charge in [-0.2, -0.15) is 0 Å². The third-order valence-corrected chi connectivity index (χ3v) is 4.59. The summed E-state index contributed by atoms with van der Waals surface area (Å²) < 4.78 is 25.8. The van der Waals surface area contributed by atoms with E-state index in [1.54, 1.807) is 12.4 Å². The molecular formula is C14H14N4O2S2. The molecule has 0 bridgehead atoms. The first kappa shape index (κ1) is 14.9. The number of anilines is 1. The summed E-state index contributed by atoms with van der Waals surface area (Å²) >= 11 is 1.43. The van der Waals surface area contributed by atoms with Crippen molar-refractivity contribution >= 4 is 36.7 Å². The van der Waals surface area contributed by atoms with Crippen LogP contribution in [0.5, 0.6) is 0 Å². The van der Waals surface area contributed by atoms with Crippen LogP contribution < -0.4 is 10.5 Å². The molecule has 3 rings (SSSR count). The number of fused-ring (bicyclic) bond motifs is 1. The van der Waals surface area contributed by atoms with E-state index < -0.39 is 10.0 Å². The van der Waals surface area contributed by atoms with Crippen LogP contribution in [0.3, 0.4) is 0 Å². The quantitative estimate of drug-likeness (QED) is 0.760. The van der Waals surface area contributed by atoms with Crippen molar-refractivity contribution in [3.8, 4) is 11.1 Å². The second kappa shape index (κ2) is 5.64. The minimum Gasteiger partial charge on any atom is -0.375 e. The van der Waals surface area contributed by atoms with Gasteiger partial charge in [-0.1, -0.05) is 17.4 Å². The van der Waals surface area contributed by atoms with Crippen LogP contribution in [0.4, 0.5) is 5.13 Å². The molecule has 22 heavy (non-hydrogen) atoms. The number of hydrogen-bond donors (Lipinski definition) is 2. The molecule has 0 unspecified atom stereocenters. The van der Waals surface area contributed by atoms with Gasteiger partial charge >= 0.3 is 0 Å². The maximum Gasteiger partial charge on any atom is 0.209 e. The SMILES string of the molecule is CS(=O)(=O)NCc1cncc(-c2ccc3nc(N)sc3c2)c1. The summed E-state index contributed by atoms with van der Waals surface area (Å²) in [5, 5.41) is 0.538. The first-order chi connectivity index (χ1) is 10.4. The van der Waals surface area contributed by atoms with Gasteiger partial charge < -0.3 is 5.73 Å². The third kappa shape index (κ3) is 3.41. The van der Waals surface area contributed by atoms with E-state index >= 15 is 0 Å². The number of aromatic nitrogens is 2. The normalized spacial score (nSPS) is 11.9. The van der Waals surface area contributed by atoms with Gasteiger partial charge in [0.1, 0.15) is 0 Å². The first-order valence-electron chi connectivity index (χ1n) is 6.46. The molecule has 0 atom stereocenters. The van der Waals surface area contributed by atoms with Gasteiger partial charge in [0.15, 0.2) is 5.13 Å². The predicted molar refractivity (Wildman–Crippen MR) is 88.9 cm³/mol. The van der Waals surface area contributed by atoms with Gasteiger partial charge in [-0.05, 0) is 29.3 Å². The fraction of sp³-hybridized carbons (Fsp3) is 0.143. The van der Waals surface area contributed by atoms with Crippen molar-refractivity contribution in [2.75, 3.05) is 12.0 Å². The first-order valence-corrected chi connectivity index (χ1v) is 9.16. The minimum absolute atomic E-state index is 0.218. The number of pyridine rings is 1. The van der Waals surface area contributed by atoms with Gasteiger partial charge in [-0.3, -0.25) is 4.98 Å². The Morgan fingerprint density at radius 1 is 1.23 bits per heavy atom. The molecule has 2 heterocycles. The highest BCUT2D eigenvalue weighted by Crippen LogP contribution is 2.29. The summed E-state index contributed by atoms with van der Waals surface area (Å²) in [7, 11) is -3.22. The van der Waals surface area contributed by atoms with E-state index in [4.69, 9.17) is 5.73 Å². The van der Waals surface area contributed by atoms with Crippen LogP contribution in [0.2, 0.25) is 0 Å². The summed E-state index contributed by atoms with van der Waals surface area (Å²) in [6.45, 7) is 0.218. The summed E-state index contributed by atoms with van der Waals surface area (Å²) in [5.74, 6) is 0. The van der Waals surface area contributed by atoms with E-state index in [9.17, 15) is 8.42 Å². The Labute approximate surface area is 132 Å². The van der Waals surface area contributed by atoms with E-state index in [1.807, 2.05) is 24.3 Å². The van der Waals surface area contributed by atoms with Crippen molar-refractivity contribution in [3.63, 3.8) is 0 Å². The smallest absolute Gasteiger partial charge is 0.209 e. The molecule has 114 valence electrons. The summed E-state index contributed by atoms with van der Waals surface area (Å²) in [6, 6.07) is 7.79. The van der Waals surface area contributed by atoms with E-state index in [0.717, 1.165) is 33.2 Å². The lowest BCUT2D eigenvalue weighted by atomic mass is 10.1. The highest BCUT2D eigenvalue weighted by atomic mass is 32.2. The van der Waals surface area contributed by atoms with Crippen LogP contribution in [0.15, 0.2) is 36.7 Å². The Bertz CT molecular complexity index is 935. The lowest BCUT2D eigenvalue weighted by Gasteiger charge is -2.06. The Morgan fingerprint density at radius 2 is 2.05 bits per heavy atom. The molecule has 8 heteroatoms. The molecule has 0 aliphatic rings. The van der Waals surface area contributed by atoms with Crippen LogP contribution in [-0.2, 0) is 16.6 Å². The number of benzene rings is 1. The van der Waals surface area contributed by atoms with Crippen LogP contribution in [-0.4, -0.2) is 24.6 Å². The molecule has 1 aromatic carbocycles. The molecule has 3 N–H and O–H groups in total.